The highest BCUT2D eigenvalue weighted by Gasteiger charge is 2.08. The van der Waals surface area contributed by atoms with E-state index in [-0.39, 0.29) is 6.03 Å². The summed E-state index contributed by atoms with van der Waals surface area (Å²) >= 11 is 0. The molecule has 6 heteroatoms. The van der Waals surface area contributed by atoms with Crippen LogP contribution in [0, 0.1) is 0 Å². The first-order valence-corrected chi connectivity index (χ1v) is 7.06. The van der Waals surface area contributed by atoms with Gasteiger partial charge in [-0.2, -0.15) is 0 Å². The maximum absolute atomic E-state index is 12.0. The molecule has 6 nitrogen and oxygen atoms in total. The van der Waals surface area contributed by atoms with Gasteiger partial charge in [0.25, 0.3) is 0 Å². The number of anilines is 1. The quantitative estimate of drug-likeness (QED) is 0.859. The van der Waals surface area contributed by atoms with Crippen LogP contribution in [0.3, 0.4) is 0 Å². The molecule has 23 heavy (non-hydrogen) atoms. The first-order valence-electron chi connectivity index (χ1n) is 7.06. The maximum atomic E-state index is 12.0. The van der Waals surface area contributed by atoms with Crippen LogP contribution in [-0.4, -0.2) is 27.4 Å². The minimum atomic E-state index is -0.315. The second kappa shape index (κ2) is 7.93. The van der Waals surface area contributed by atoms with Crippen molar-refractivity contribution in [3.05, 3.63) is 48.0 Å². The molecule has 0 saturated heterocycles. The average molecular weight is 316 g/mol. The molecule has 0 radical (unpaired) electrons. The van der Waals surface area contributed by atoms with E-state index in [1.165, 1.54) is 7.11 Å². The van der Waals surface area contributed by atoms with Crippen molar-refractivity contribution in [1.82, 2.24) is 5.32 Å². The fraction of sp³-hybridized carbons (Fsp3) is 0.235. The van der Waals surface area contributed by atoms with Crippen molar-refractivity contribution < 1.29 is 19.0 Å². The Bertz CT molecular complexity index is 656. The summed E-state index contributed by atoms with van der Waals surface area (Å²) < 4.78 is 15.5. The predicted molar refractivity (Wildman–Crippen MR) is 88.4 cm³/mol. The lowest BCUT2D eigenvalue weighted by Crippen LogP contribution is -2.28. The van der Waals surface area contributed by atoms with Crippen LogP contribution in [0.4, 0.5) is 10.5 Å². The van der Waals surface area contributed by atoms with Gasteiger partial charge in [0, 0.05) is 12.6 Å². The number of hydrogen-bond acceptors (Lipinski definition) is 4. The fourth-order valence-corrected chi connectivity index (χ4v) is 1.99. The minimum absolute atomic E-state index is 0.315. The third-order valence-corrected chi connectivity index (χ3v) is 3.27. The number of urea groups is 1. The Morgan fingerprint density at radius 2 is 1.57 bits per heavy atom. The second-order valence-corrected chi connectivity index (χ2v) is 4.72. The van der Waals surface area contributed by atoms with Gasteiger partial charge >= 0.3 is 6.03 Å². The molecule has 2 amide bonds. The number of nitrogens with one attached hydrogen (secondary N) is 2. The molecular formula is C17H20N2O4. The van der Waals surface area contributed by atoms with Crippen molar-refractivity contribution in [3.63, 3.8) is 0 Å². The molecule has 2 aromatic rings. The summed E-state index contributed by atoms with van der Waals surface area (Å²) in [6, 6.07) is 12.4. The Kier molecular flexibility index (Phi) is 5.68. The van der Waals surface area contributed by atoms with Crippen molar-refractivity contribution in [2.45, 2.75) is 6.54 Å². The van der Waals surface area contributed by atoms with E-state index in [0.29, 0.717) is 23.7 Å². The lowest BCUT2D eigenvalue weighted by Gasteiger charge is -2.12. The summed E-state index contributed by atoms with van der Waals surface area (Å²) in [4.78, 5) is 12.0. The molecule has 122 valence electrons. The molecule has 0 heterocycles. The molecule has 0 unspecified atom stereocenters. The predicted octanol–water partition coefficient (Wildman–Crippen LogP) is 3.03. The number of hydrogen-bond donors (Lipinski definition) is 2. The first-order chi connectivity index (χ1) is 11.2. The van der Waals surface area contributed by atoms with E-state index in [2.05, 4.69) is 10.6 Å². The van der Waals surface area contributed by atoms with Crippen LogP contribution in [0.1, 0.15) is 5.56 Å². The van der Waals surface area contributed by atoms with Crippen LogP contribution in [0.2, 0.25) is 0 Å². The van der Waals surface area contributed by atoms with Crippen molar-refractivity contribution in [1.29, 1.82) is 0 Å². The molecule has 0 aliphatic carbocycles. The van der Waals surface area contributed by atoms with E-state index in [4.69, 9.17) is 14.2 Å². The summed E-state index contributed by atoms with van der Waals surface area (Å²) in [6.45, 7) is 0.411. The largest absolute Gasteiger partial charge is 0.497 e. The molecule has 0 aliphatic heterocycles. The van der Waals surface area contributed by atoms with Gasteiger partial charge in [-0.05, 0) is 29.8 Å². The van der Waals surface area contributed by atoms with Crippen LogP contribution in [-0.2, 0) is 6.54 Å². The summed E-state index contributed by atoms with van der Waals surface area (Å²) in [5, 5.41) is 5.54. The molecule has 0 bridgehead atoms. The Balaban J connectivity index is 1.93. The molecule has 2 aromatic carbocycles. The van der Waals surface area contributed by atoms with E-state index in [9.17, 15) is 4.79 Å². The second-order valence-electron chi connectivity index (χ2n) is 4.72. The number of methoxy groups -OCH3 is 3. The van der Waals surface area contributed by atoms with E-state index < -0.39 is 0 Å². The van der Waals surface area contributed by atoms with Gasteiger partial charge in [0.1, 0.15) is 17.2 Å². The number of carbonyl (C=O) groups is 1. The zero-order chi connectivity index (χ0) is 16.7. The average Bonchev–Trinajstić information content (AvgIpc) is 2.60. The lowest BCUT2D eigenvalue weighted by molar-refractivity contribution is 0.251. The fourth-order valence-electron chi connectivity index (χ4n) is 1.99. The Morgan fingerprint density at radius 1 is 0.913 bits per heavy atom. The minimum Gasteiger partial charge on any atom is -0.497 e. The topological polar surface area (TPSA) is 68.8 Å². The Hall–Kier alpha value is -2.89. The van der Waals surface area contributed by atoms with Crippen LogP contribution in [0.15, 0.2) is 42.5 Å². The normalized spacial score (nSPS) is 9.87. The Morgan fingerprint density at radius 3 is 2.17 bits per heavy atom. The molecule has 0 aliphatic rings. The smallest absolute Gasteiger partial charge is 0.319 e. The van der Waals surface area contributed by atoms with Gasteiger partial charge < -0.3 is 24.8 Å². The van der Waals surface area contributed by atoms with Crippen LogP contribution < -0.4 is 24.8 Å². The van der Waals surface area contributed by atoms with E-state index in [0.717, 1.165) is 11.3 Å². The number of rotatable bonds is 6. The maximum Gasteiger partial charge on any atom is 0.319 e. The molecule has 2 rings (SSSR count). The third-order valence-electron chi connectivity index (χ3n) is 3.27. The van der Waals surface area contributed by atoms with E-state index >= 15 is 0 Å². The Labute approximate surface area is 135 Å². The van der Waals surface area contributed by atoms with Crippen LogP contribution in [0.25, 0.3) is 0 Å². The zero-order valence-electron chi connectivity index (χ0n) is 13.4. The van der Waals surface area contributed by atoms with Crippen molar-refractivity contribution in [2.75, 3.05) is 26.6 Å². The van der Waals surface area contributed by atoms with Crippen molar-refractivity contribution >= 4 is 11.7 Å². The van der Waals surface area contributed by atoms with Crippen molar-refractivity contribution in [2.24, 2.45) is 0 Å². The van der Waals surface area contributed by atoms with Crippen LogP contribution >= 0.6 is 0 Å². The molecule has 0 fully saturated rings. The van der Waals surface area contributed by atoms with Gasteiger partial charge in [-0.15, -0.1) is 0 Å². The zero-order valence-corrected chi connectivity index (χ0v) is 13.4. The molecule has 0 atom stereocenters. The summed E-state index contributed by atoms with van der Waals surface area (Å²) in [6.07, 6.45) is 0. The van der Waals surface area contributed by atoms with Gasteiger partial charge in [-0.25, -0.2) is 4.79 Å². The highest BCUT2D eigenvalue weighted by atomic mass is 16.5. The SMILES string of the molecule is COc1ccc(CNC(=O)Nc2ccc(OC)cc2OC)cc1. The standard InChI is InChI=1S/C17H20N2O4/c1-21-13-6-4-12(5-7-13)11-18-17(20)19-15-9-8-14(22-2)10-16(15)23-3/h4-10H,11H2,1-3H3,(H2,18,19,20). The first kappa shape index (κ1) is 16.5. The number of benzene rings is 2. The van der Waals surface area contributed by atoms with Gasteiger partial charge in [0.2, 0.25) is 0 Å². The lowest BCUT2D eigenvalue weighted by atomic mass is 10.2. The van der Waals surface area contributed by atoms with E-state index in [1.807, 2.05) is 24.3 Å². The molecule has 2 N–H and O–H groups in total. The molecule has 0 saturated carbocycles. The highest BCUT2D eigenvalue weighted by Crippen LogP contribution is 2.28. The number of ether oxygens (including phenoxy) is 3. The molecule has 0 aromatic heterocycles. The van der Waals surface area contributed by atoms with Gasteiger partial charge in [-0.3, -0.25) is 0 Å². The summed E-state index contributed by atoms with van der Waals surface area (Å²) in [7, 11) is 4.72. The van der Waals surface area contributed by atoms with Gasteiger partial charge in [0.15, 0.2) is 0 Å². The number of amides is 2. The van der Waals surface area contributed by atoms with Gasteiger partial charge in [0.05, 0.1) is 27.0 Å². The summed E-state index contributed by atoms with van der Waals surface area (Å²) in [5.41, 5.74) is 1.54. The molecular weight excluding hydrogens is 296 g/mol. The highest BCUT2D eigenvalue weighted by molar-refractivity contribution is 5.91. The summed E-state index contributed by atoms with van der Waals surface area (Å²) in [5.74, 6) is 1.97. The number of carbonyl (C=O) groups excluding carboxylic acids is 1. The third kappa shape index (κ3) is 4.54. The monoisotopic (exact) mass is 316 g/mol. The molecule has 0 spiro atoms. The van der Waals surface area contributed by atoms with Crippen LogP contribution in [0.5, 0.6) is 17.2 Å². The van der Waals surface area contributed by atoms with Gasteiger partial charge in [-0.1, -0.05) is 12.1 Å². The van der Waals surface area contributed by atoms with Crippen molar-refractivity contribution in [3.8, 4) is 17.2 Å². The van der Waals surface area contributed by atoms with E-state index in [1.54, 1.807) is 32.4 Å².